The van der Waals surface area contributed by atoms with Gasteiger partial charge in [0.2, 0.25) is 0 Å². The second-order valence-electron chi connectivity index (χ2n) is 3.08. The summed E-state index contributed by atoms with van der Waals surface area (Å²) >= 11 is 9.30. The minimum atomic E-state index is -0.881. The van der Waals surface area contributed by atoms with Crippen LogP contribution in [0.15, 0.2) is 0 Å². The van der Waals surface area contributed by atoms with Crippen molar-refractivity contribution in [2.75, 3.05) is 6.54 Å². The molecule has 1 heterocycles. The van der Waals surface area contributed by atoms with Crippen LogP contribution in [0.1, 0.15) is 13.8 Å². The third-order valence-corrected chi connectivity index (χ3v) is 2.64. The van der Waals surface area contributed by atoms with Crippen molar-refractivity contribution in [1.29, 1.82) is 0 Å². The van der Waals surface area contributed by atoms with Crippen LogP contribution in [-0.2, 0) is 4.79 Å². The number of hydrazine groups is 1. The Kier molecular flexibility index (Phi) is 3.71. The quantitative estimate of drug-likeness (QED) is 0.466. The molecule has 5 nitrogen and oxygen atoms in total. The minimum absolute atomic E-state index is 0.0721. The van der Waals surface area contributed by atoms with Crippen molar-refractivity contribution in [2.24, 2.45) is 0 Å². The van der Waals surface area contributed by atoms with Crippen molar-refractivity contribution in [1.82, 2.24) is 15.3 Å². The summed E-state index contributed by atoms with van der Waals surface area (Å²) in [6.07, 6.45) is -0.0916. The molecule has 0 radical (unpaired) electrons. The third-order valence-electron chi connectivity index (χ3n) is 2.07. The Hall–Kier alpha value is -0.370. The summed E-state index contributed by atoms with van der Waals surface area (Å²) in [7, 11) is 0. The molecule has 0 aromatic carbocycles. The van der Waals surface area contributed by atoms with Crippen LogP contribution in [0, 0.1) is 0 Å². The summed E-state index contributed by atoms with van der Waals surface area (Å²) in [6.45, 7) is 3.60. The molecule has 7 heteroatoms. The van der Waals surface area contributed by atoms with E-state index >= 15 is 0 Å². The maximum Gasteiger partial charge on any atom is 0.319 e. The van der Waals surface area contributed by atoms with Crippen LogP contribution in [0.4, 0.5) is 0 Å². The molecule has 2 unspecified atom stereocenters. The molecule has 1 aliphatic rings. The van der Waals surface area contributed by atoms with Crippen molar-refractivity contribution < 1.29 is 9.90 Å². The summed E-state index contributed by atoms with van der Waals surface area (Å²) in [5, 5.41) is 10.2. The molecule has 0 bridgehead atoms. The van der Waals surface area contributed by atoms with E-state index in [1.54, 1.807) is 11.9 Å². The van der Waals surface area contributed by atoms with Gasteiger partial charge in [-0.1, -0.05) is 12.2 Å². The number of nitrogens with zero attached hydrogens (tertiary/aromatic N) is 2. The molecule has 0 aromatic heterocycles. The van der Waals surface area contributed by atoms with E-state index in [1.807, 2.05) is 11.8 Å². The Morgan fingerprint density at radius 3 is 2.64 bits per heavy atom. The number of nitrogens with one attached hydrogen (secondary N) is 1. The van der Waals surface area contributed by atoms with E-state index < -0.39 is 5.97 Å². The van der Waals surface area contributed by atoms with Crippen LogP contribution in [0.5, 0.6) is 0 Å². The monoisotopic (exact) mass is 235 g/mol. The predicted octanol–water partition coefficient (Wildman–Crippen LogP) is 0.0999. The highest BCUT2D eigenvalue weighted by Crippen LogP contribution is 2.18. The van der Waals surface area contributed by atoms with Crippen LogP contribution in [0.25, 0.3) is 0 Å². The Morgan fingerprint density at radius 2 is 2.29 bits per heavy atom. The van der Waals surface area contributed by atoms with E-state index in [9.17, 15) is 4.79 Å². The minimum Gasteiger partial charge on any atom is -0.480 e. The number of rotatable bonds is 2. The normalized spacial score (nSPS) is 28.1. The van der Waals surface area contributed by atoms with Gasteiger partial charge in [-0.2, -0.15) is 0 Å². The third kappa shape index (κ3) is 2.35. The molecule has 1 saturated heterocycles. The van der Waals surface area contributed by atoms with Gasteiger partial charge in [-0.05, 0) is 13.8 Å². The summed E-state index contributed by atoms with van der Waals surface area (Å²) in [6, 6.07) is 0. The molecule has 0 saturated carbocycles. The van der Waals surface area contributed by atoms with Crippen molar-refractivity contribution in [3.05, 3.63) is 0 Å². The number of thiocarbonyl (C=S) groups is 1. The first-order chi connectivity index (χ1) is 6.43. The maximum absolute atomic E-state index is 10.5. The van der Waals surface area contributed by atoms with Gasteiger partial charge in [-0.15, -0.1) is 12.6 Å². The molecule has 0 aromatic rings. The van der Waals surface area contributed by atoms with Gasteiger partial charge >= 0.3 is 5.97 Å². The van der Waals surface area contributed by atoms with Crippen LogP contribution in [0.3, 0.4) is 0 Å². The average molecular weight is 235 g/mol. The van der Waals surface area contributed by atoms with Gasteiger partial charge in [0.05, 0.1) is 11.2 Å². The first-order valence-electron chi connectivity index (χ1n) is 4.15. The lowest BCUT2D eigenvalue weighted by molar-refractivity contribution is -0.139. The summed E-state index contributed by atoms with van der Waals surface area (Å²) in [5.74, 6) is -0.881. The van der Waals surface area contributed by atoms with E-state index in [1.165, 1.54) is 0 Å². The van der Waals surface area contributed by atoms with Gasteiger partial charge in [-0.3, -0.25) is 4.79 Å². The predicted molar refractivity (Wildman–Crippen MR) is 59.8 cm³/mol. The highest BCUT2D eigenvalue weighted by atomic mass is 32.1. The van der Waals surface area contributed by atoms with Crippen molar-refractivity contribution in [2.45, 2.75) is 25.5 Å². The molecule has 1 aliphatic heterocycles. The van der Waals surface area contributed by atoms with Crippen molar-refractivity contribution in [3.63, 3.8) is 0 Å². The van der Waals surface area contributed by atoms with E-state index in [2.05, 4.69) is 18.1 Å². The van der Waals surface area contributed by atoms with E-state index in [4.69, 9.17) is 17.3 Å². The van der Waals surface area contributed by atoms with Gasteiger partial charge < -0.3 is 10.0 Å². The second kappa shape index (κ2) is 4.43. The topological polar surface area (TPSA) is 55.8 Å². The molecular formula is C7H13N3O2S2. The highest BCUT2D eigenvalue weighted by molar-refractivity contribution is 7.81. The Balaban J connectivity index is 2.68. The summed E-state index contributed by atoms with van der Waals surface area (Å²) < 4.78 is 0. The van der Waals surface area contributed by atoms with E-state index in [-0.39, 0.29) is 18.2 Å². The Bertz CT molecular complexity index is 261. The fourth-order valence-electron chi connectivity index (χ4n) is 1.43. The van der Waals surface area contributed by atoms with E-state index in [0.29, 0.717) is 4.99 Å². The smallest absolute Gasteiger partial charge is 0.319 e. The lowest BCUT2D eigenvalue weighted by Crippen LogP contribution is -2.42. The van der Waals surface area contributed by atoms with Crippen LogP contribution >= 0.6 is 24.8 Å². The van der Waals surface area contributed by atoms with Crippen molar-refractivity contribution >= 4 is 35.8 Å². The molecule has 0 aliphatic carbocycles. The molecule has 2 atom stereocenters. The zero-order chi connectivity index (χ0) is 10.9. The SMILES string of the molecule is CC(=S)N1C(S)NN(CC(=O)O)C1C. The average Bonchev–Trinajstić information content (AvgIpc) is 2.25. The number of carboxylic acid groups (broad SMARTS) is 1. The number of aliphatic carboxylic acids is 1. The van der Waals surface area contributed by atoms with Crippen LogP contribution in [-0.4, -0.2) is 44.2 Å². The van der Waals surface area contributed by atoms with Gasteiger partial charge in [0.1, 0.15) is 12.0 Å². The second-order valence-corrected chi connectivity index (χ2v) is 4.16. The molecule has 0 spiro atoms. The summed E-state index contributed by atoms with van der Waals surface area (Å²) in [4.78, 5) is 13.1. The van der Waals surface area contributed by atoms with Crippen molar-refractivity contribution in [3.8, 4) is 0 Å². The van der Waals surface area contributed by atoms with E-state index in [0.717, 1.165) is 0 Å². The molecule has 2 N–H and O–H groups in total. The zero-order valence-electron chi connectivity index (χ0n) is 7.97. The summed E-state index contributed by atoms with van der Waals surface area (Å²) in [5.41, 5.74) is 2.67. The molecule has 1 rings (SSSR count). The molecule has 14 heavy (non-hydrogen) atoms. The first kappa shape index (κ1) is 11.7. The lowest BCUT2D eigenvalue weighted by atomic mass is 10.4. The number of hydrogen-bond donors (Lipinski definition) is 3. The highest BCUT2D eigenvalue weighted by Gasteiger charge is 2.35. The standard InChI is InChI=1S/C7H13N3O2S2/c1-4-9(3-6(11)12)8-7(14)10(4)5(2)13/h4,7-8,14H,3H2,1-2H3,(H,11,12). The van der Waals surface area contributed by atoms with Gasteiger partial charge in [0, 0.05) is 0 Å². The fourth-order valence-corrected chi connectivity index (χ4v) is 2.28. The first-order valence-corrected chi connectivity index (χ1v) is 5.07. The fraction of sp³-hybridized carbons (Fsp3) is 0.714. The van der Waals surface area contributed by atoms with Gasteiger partial charge in [-0.25, -0.2) is 10.4 Å². The number of carboxylic acids is 1. The molecular weight excluding hydrogens is 222 g/mol. The van der Waals surface area contributed by atoms with Gasteiger partial charge in [0.15, 0.2) is 0 Å². The number of thiol groups is 1. The largest absolute Gasteiger partial charge is 0.480 e. The Morgan fingerprint density at radius 1 is 1.71 bits per heavy atom. The molecule has 0 amide bonds. The van der Waals surface area contributed by atoms with Crippen LogP contribution in [0.2, 0.25) is 0 Å². The Labute approximate surface area is 93.4 Å². The maximum atomic E-state index is 10.5. The molecule has 80 valence electrons. The van der Waals surface area contributed by atoms with Gasteiger partial charge in [0.25, 0.3) is 0 Å². The number of carbonyl (C=O) groups is 1. The van der Waals surface area contributed by atoms with Crippen LogP contribution < -0.4 is 5.43 Å². The number of hydrogen-bond acceptors (Lipinski definition) is 5. The molecule has 1 fully saturated rings. The lowest BCUT2D eigenvalue weighted by Gasteiger charge is -2.26. The zero-order valence-corrected chi connectivity index (χ0v) is 9.68.